The Morgan fingerprint density at radius 3 is 2.58 bits per heavy atom. The molecule has 1 heterocycles. The Hall–Kier alpha value is -0.760. The van der Waals surface area contributed by atoms with Crippen molar-refractivity contribution < 1.29 is 4.42 Å². The monoisotopic (exact) mass is 263 g/mol. The van der Waals surface area contributed by atoms with E-state index in [1.807, 2.05) is 6.92 Å². The molecular formula is C17H29NO. The molecule has 3 atom stereocenters. The molecule has 108 valence electrons. The van der Waals surface area contributed by atoms with E-state index in [4.69, 9.17) is 4.42 Å². The van der Waals surface area contributed by atoms with Gasteiger partial charge >= 0.3 is 0 Å². The van der Waals surface area contributed by atoms with Crippen LogP contribution in [0.2, 0.25) is 0 Å². The van der Waals surface area contributed by atoms with Crippen molar-refractivity contribution in [3.8, 4) is 0 Å². The molecule has 1 N–H and O–H groups in total. The summed E-state index contributed by atoms with van der Waals surface area (Å²) in [5, 5.41) is 3.82. The molecule has 2 rings (SSSR count). The van der Waals surface area contributed by atoms with Gasteiger partial charge in [0.15, 0.2) is 0 Å². The van der Waals surface area contributed by atoms with Crippen LogP contribution in [0.5, 0.6) is 0 Å². The Morgan fingerprint density at radius 1 is 1.37 bits per heavy atom. The van der Waals surface area contributed by atoms with E-state index >= 15 is 0 Å². The van der Waals surface area contributed by atoms with Gasteiger partial charge in [-0.3, -0.25) is 0 Å². The molecule has 1 aromatic rings. The van der Waals surface area contributed by atoms with Crippen LogP contribution in [0, 0.1) is 25.2 Å². The van der Waals surface area contributed by atoms with Crippen LogP contribution in [0.15, 0.2) is 10.5 Å². The molecule has 0 bridgehead atoms. The number of furan rings is 1. The smallest absolute Gasteiger partial charge is 0.105 e. The first-order valence-electron chi connectivity index (χ1n) is 7.61. The molecule has 1 aliphatic carbocycles. The summed E-state index contributed by atoms with van der Waals surface area (Å²) < 4.78 is 5.64. The molecule has 1 saturated carbocycles. The molecule has 0 aliphatic heterocycles. The van der Waals surface area contributed by atoms with Crippen LogP contribution in [0.3, 0.4) is 0 Å². The Balaban J connectivity index is 2.00. The topological polar surface area (TPSA) is 25.2 Å². The Morgan fingerprint density at radius 2 is 2.05 bits per heavy atom. The average molecular weight is 263 g/mol. The molecule has 1 fully saturated rings. The van der Waals surface area contributed by atoms with Gasteiger partial charge in [0, 0.05) is 17.6 Å². The Bertz CT molecular complexity index is 432. The number of rotatable bonds is 3. The zero-order valence-electron chi connectivity index (χ0n) is 13.3. The van der Waals surface area contributed by atoms with Crippen LogP contribution in [0.25, 0.3) is 0 Å². The van der Waals surface area contributed by atoms with Crippen molar-refractivity contribution in [2.75, 3.05) is 0 Å². The minimum absolute atomic E-state index is 0.381. The molecule has 2 heteroatoms. The van der Waals surface area contributed by atoms with Crippen molar-refractivity contribution in [2.24, 2.45) is 11.3 Å². The normalized spacial score (nSPS) is 28.3. The largest absolute Gasteiger partial charge is 0.466 e. The maximum Gasteiger partial charge on any atom is 0.105 e. The molecule has 1 aliphatic rings. The van der Waals surface area contributed by atoms with Gasteiger partial charge in [-0.2, -0.15) is 0 Å². The van der Waals surface area contributed by atoms with Gasteiger partial charge < -0.3 is 9.73 Å². The minimum atomic E-state index is 0.381. The fourth-order valence-electron chi connectivity index (χ4n) is 3.69. The third-order valence-corrected chi connectivity index (χ3v) is 4.70. The van der Waals surface area contributed by atoms with Gasteiger partial charge in [-0.15, -0.1) is 0 Å². The lowest BCUT2D eigenvalue weighted by Crippen LogP contribution is -2.42. The second-order valence-electron chi connectivity index (χ2n) is 7.25. The van der Waals surface area contributed by atoms with Gasteiger partial charge in [-0.25, -0.2) is 0 Å². The molecule has 2 nitrogen and oxygen atoms in total. The van der Waals surface area contributed by atoms with Crippen molar-refractivity contribution in [1.82, 2.24) is 5.32 Å². The summed E-state index contributed by atoms with van der Waals surface area (Å²) in [5.41, 5.74) is 1.83. The fraction of sp³-hybridized carbons (Fsp3) is 0.765. The van der Waals surface area contributed by atoms with Crippen LogP contribution < -0.4 is 5.32 Å². The predicted molar refractivity (Wildman–Crippen MR) is 80.3 cm³/mol. The number of hydrogen-bond acceptors (Lipinski definition) is 2. The van der Waals surface area contributed by atoms with Gasteiger partial charge in [-0.1, -0.05) is 20.8 Å². The summed E-state index contributed by atoms with van der Waals surface area (Å²) in [6.45, 7) is 13.5. The van der Waals surface area contributed by atoms with Crippen LogP contribution >= 0.6 is 0 Å². The van der Waals surface area contributed by atoms with Crippen molar-refractivity contribution >= 4 is 0 Å². The van der Waals surface area contributed by atoms with E-state index in [2.05, 4.69) is 46.0 Å². The molecule has 19 heavy (non-hydrogen) atoms. The van der Waals surface area contributed by atoms with E-state index < -0.39 is 0 Å². The quantitative estimate of drug-likeness (QED) is 0.850. The highest BCUT2D eigenvalue weighted by atomic mass is 16.3. The molecule has 0 radical (unpaired) electrons. The van der Waals surface area contributed by atoms with Gasteiger partial charge in [0.1, 0.15) is 11.5 Å². The molecule has 1 aromatic heterocycles. The molecule has 3 unspecified atom stereocenters. The van der Waals surface area contributed by atoms with E-state index in [9.17, 15) is 0 Å². The van der Waals surface area contributed by atoms with E-state index in [0.717, 1.165) is 17.4 Å². The summed E-state index contributed by atoms with van der Waals surface area (Å²) in [6.07, 6.45) is 3.93. The lowest BCUT2D eigenvalue weighted by atomic mass is 9.70. The number of hydrogen-bond donors (Lipinski definition) is 1. The standard InChI is InChI=1S/C17H29NO/c1-11-10-17(5,6)8-7-16(11)18-13(3)15-9-12(2)19-14(15)4/h9,11,13,16,18H,7-8,10H2,1-6H3. The van der Waals surface area contributed by atoms with E-state index in [1.54, 1.807) is 0 Å². The fourth-order valence-corrected chi connectivity index (χ4v) is 3.69. The van der Waals surface area contributed by atoms with Crippen molar-refractivity contribution in [3.05, 3.63) is 23.2 Å². The zero-order valence-corrected chi connectivity index (χ0v) is 13.3. The molecule has 0 spiro atoms. The van der Waals surface area contributed by atoms with Gasteiger partial charge in [0.2, 0.25) is 0 Å². The van der Waals surface area contributed by atoms with E-state index in [0.29, 0.717) is 17.5 Å². The SMILES string of the molecule is Cc1cc(C(C)NC2CCC(C)(C)CC2C)c(C)o1. The predicted octanol–water partition coefficient (Wildman–Crippen LogP) is 4.76. The summed E-state index contributed by atoms with van der Waals surface area (Å²) in [4.78, 5) is 0. The van der Waals surface area contributed by atoms with Crippen LogP contribution in [-0.4, -0.2) is 6.04 Å². The van der Waals surface area contributed by atoms with Crippen molar-refractivity contribution in [1.29, 1.82) is 0 Å². The van der Waals surface area contributed by atoms with Crippen LogP contribution in [-0.2, 0) is 0 Å². The summed E-state index contributed by atoms with van der Waals surface area (Å²) in [7, 11) is 0. The summed E-state index contributed by atoms with van der Waals surface area (Å²) in [5.74, 6) is 2.82. The van der Waals surface area contributed by atoms with Crippen molar-refractivity contribution in [3.63, 3.8) is 0 Å². The first-order valence-corrected chi connectivity index (χ1v) is 7.61. The minimum Gasteiger partial charge on any atom is -0.466 e. The lowest BCUT2D eigenvalue weighted by molar-refractivity contribution is 0.142. The van der Waals surface area contributed by atoms with Crippen molar-refractivity contribution in [2.45, 2.75) is 72.9 Å². The van der Waals surface area contributed by atoms with Crippen LogP contribution in [0.1, 0.15) is 70.1 Å². The Labute approximate surface area is 118 Å². The van der Waals surface area contributed by atoms with E-state index in [1.165, 1.54) is 24.8 Å². The second kappa shape index (κ2) is 5.32. The molecule has 0 amide bonds. The van der Waals surface area contributed by atoms with Gasteiger partial charge in [0.25, 0.3) is 0 Å². The first kappa shape index (κ1) is 14.6. The van der Waals surface area contributed by atoms with Crippen LogP contribution in [0.4, 0.5) is 0 Å². The third-order valence-electron chi connectivity index (χ3n) is 4.70. The maximum absolute atomic E-state index is 5.64. The summed E-state index contributed by atoms with van der Waals surface area (Å²) >= 11 is 0. The third kappa shape index (κ3) is 3.42. The van der Waals surface area contributed by atoms with E-state index in [-0.39, 0.29) is 0 Å². The zero-order chi connectivity index (χ0) is 14.2. The Kier molecular flexibility index (Phi) is 4.10. The molecule has 0 aromatic carbocycles. The highest BCUT2D eigenvalue weighted by Crippen LogP contribution is 2.39. The second-order valence-corrected chi connectivity index (χ2v) is 7.25. The maximum atomic E-state index is 5.64. The van der Waals surface area contributed by atoms with Gasteiger partial charge in [0.05, 0.1) is 0 Å². The number of aryl methyl sites for hydroxylation is 2. The van der Waals surface area contributed by atoms with Gasteiger partial charge in [-0.05, 0) is 57.4 Å². The molecular weight excluding hydrogens is 234 g/mol. The lowest BCUT2D eigenvalue weighted by Gasteiger charge is -2.40. The molecule has 0 saturated heterocycles. The highest BCUT2D eigenvalue weighted by Gasteiger charge is 2.33. The number of nitrogens with one attached hydrogen (secondary N) is 1. The first-order chi connectivity index (χ1) is 8.78. The average Bonchev–Trinajstić information content (AvgIpc) is 2.61. The summed E-state index contributed by atoms with van der Waals surface area (Å²) in [6, 6.07) is 3.19. The highest BCUT2D eigenvalue weighted by molar-refractivity contribution is 5.23.